The van der Waals surface area contributed by atoms with Crippen molar-refractivity contribution in [3.8, 4) is 0 Å². The van der Waals surface area contributed by atoms with Gasteiger partial charge in [-0.05, 0) is 5.92 Å². The number of rotatable bonds is 4. The van der Waals surface area contributed by atoms with Gasteiger partial charge in [0.1, 0.15) is 0 Å². The predicted molar refractivity (Wildman–Crippen MR) is 51.3 cm³/mol. The Kier molecular flexibility index (Phi) is 3.71. The number of esters is 1. The van der Waals surface area contributed by atoms with Crippen LogP contribution in [-0.4, -0.2) is 5.97 Å². The van der Waals surface area contributed by atoms with Crippen LogP contribution in [-0.2, 0) is 22.6 Å². The molecule has 0 saturated heterocycles. The van der Waals surface area contributed by atoms with Gasteiger partial charge in [0.15, 0.2) is 18.1 Å². The molecule has 0 unspecified atom stereocenters. The molecule has 0 bridgehead atoms. The van der Waals surface area contributed by atoms with Gasteiger partial charge in [-0.15, -0.1) is 0 Å². The molecule has 5 nitrogen and oxygen atoms in total. The summed E-state index contributed by atoms with van der Waals surface area (Å²) in [5.74, 6) is -0.0934. The number of carbonyl (C=O) groups excluding carboxylic acids is 1. The third-order valence-corrected chi connectivity index (χ3v) is 1.72. The van der Waals surface area contributed by atoms with Gasteiger partial charge in [0.05, 0.1) is 0 Å². The Morgan fingerprint density at radius 3 is 2.47 bits per heavy atom. The van der Waals surface area contributed by atoms with E-state index in [2.05, 4.69) is 0 Å². The molecule has 0 spiro atoms. The van der Waals surface area contributed by atoms with Crippen LogP contribution in [0.15, 0.2) is 13.6 Å². The van der Waals surface area contributed by atoms with Gasteiger partial charge in [-0.2, -0.15) is 0 Å². The quantitative estimate of drug-likeness (QED) is 0.710. The molecule has 0 fully saturated rings. The van der Waals surface area contributed by atoms with Crippen molar-refractivity contribution in [3.63, 3.8) is 0 Å². The molecule has 1 aromatic rings. The normalized spacial score (nSPS) is 10.7. The lowest BCUT2D eigenvalue weighted by atomic mass is 10.1. The van der Waals surface area contributed by atoms with Crippen LogP contribution in [0.2, 0.25) is 0 Å². The molecule has 1 heterocycles. The summed E-state index contributed by atoms with van der Waals surface area (Å²) < 4.78 is 14.3. The number of hydrogen-bond acceptors (Lipinski definition) is 5. The van der Waals surface area contributed by atoms with E-state index < -0.39 is 11.8 Å². The standard InChI is InChI=1S/C10H14O5/c1-6(2)4-8-9(5-13-7(3)11)15-10(12)14-8/h6H,4-5H2,1-3H3. The first-order valence-electron chi connectivity index (χ1n) is 4.74. The van der Waals surface area contributed by atoms with Crippen molar-refractivity contribution in [3.05, 3.63) is 22.1 Å². The Morgan fingerprint density at radius 2 is 1.93 bits per heavy atom. The third-order valence-electron chi connectivity index (χ3n) is 1.72. The third kappa shape index (κ3) is 3.61. The van der Waals surface area contributed by atoms with E-state index in [1.54, 1.807) is 0 Å². The highest BCUT2D eigenvalue weighted by Gasteiger charge is 2.15. The minimum Gasteiger partial charge on any atom is -0.458 e. The Morgan fingerprint density at radius 1 is 1.33 bits per heavy atom. The van der Waals surface area contributed by atoms with Crippen LogP contribution < -0.4 is 5.82 Å². The molecule has 1 aromatic heterocycles. The van der Waals surface area contributed by atoms with E-state index in [0.29, 0.717) is 23.9 Å². The Balaban J connectivity index is 2.76. The van der Waals surface area contributed by atoms with E-state index in [0.717, 1.165) is 0 Å². The SMILES string of the molecule is CC(=O)OCc1oc(=O)oc1CC(C)C. The average molecular weight is 214 g/mol. The molecule has 0 aliphatic carbocycles. The maximum absolute atomic E-state index is 10.9. The lowest BCUT2D eigenvalue weighted by Gasteiger charge is -2.02. The van der Waals surface area contributed by atoms with E-state index in [1.165, 1.54) is 6.92 Å². The first kappa shape index (κ1) is 11.6. The fraction of sp³-hybridized carbons (Fsp3) is 0.600. The molecule has 0 aliphatic rings. The predicted octanol–water partition coefficient (Wildman–Crippen LogP) is 1.49. The molecule has 0 N–H and O–H groups in total. The molecule has 1 rings (SSSR count). The molecule has 84 valence electrons. The van der Waals surface area contributed by atoms with Crippen LogP contribution in [0, 0.1) is 5.92 Å². The Labute approximate surface area is 87.0 Å². The topological polar surface area (TPSA) is 69.7 Å². The van der Waals surface area contributed by atoms with Gasteiger partial charge in [-0.25, -0.2) is 4.79 Å². The molecule has 0 saturated carbocycles. The van der Waals surface area contributed by atoms with Gasteiger partial charge in [0.25, 0.3) is 0 Å². The zero-order valence-electron chi connectivity index (χ0n) is 9.03. The lowest BCUT2D eigenvalue weighted by molar-refractivity contribution is -0.142. The van der Waals surface area contributed by atoms with Crippen LogP contribution in [0.1, 0.15) is 32.3 Å². The molecule has 0 aliphatic heterocycles. The molecular weight excluding hydrogens is 200 g/mol. The zero-order valence-corrected chi connectivity index (χ0v) is 9.03. The monoisotopic (exact) mass is 214 g/mol. The second kappa shape index (κ2) is 4.82. The lowest BCUT2D eigenvalue weighted by Crippen LogP contribution is -2.01. The second-order valence-corrected chi connectivity index (χ2v) is 3.68. The van der Waals surface area contributed by atoms with Crippen molar-refractivity contribution >= 4 is 5.97 Å². The van der Waals surface area contributed by atoms with Gasteiger partial charge < -0.3 is 13.6 Å². The summed E-state index contributed by atoms with van der Waals surface area (Å²) in [6.45, 7) is 5.22. The molecule has 15 heavy (non-hydrogen) atoms. The minimum absolute atomic E-state index is 0.0525. The van der Waals surface area contributed by atoms with Crippen LogP contribution >= 0.6 is 0 Å². The number of carbonyl (C=O) groups is 1. The van der Waals surface area contributed by atoms with Crippen molar-refractivity contribution in [1.29, 1.82) is 0 Å². The van der Waals surface area contributed by atoms with Gasteiger partial charge >= 0.3 is 11.8 Å². The second-order valence-electron chi connectivity index (χ2n) is 3.68. The van der Waals surface area contributed by atoms with Crippen molar-refractivity contribution in [2.75, 3.05) is 0 Å². The molecule has 0 amide bonds. The van der Waals surface area contributed by atoms with Crippen LogP contribution in [0.25, 0.3) is 0 Å². The highest BCUT2D eigenvalue weighted by molar-refractivity contribution is 5.65. The maximum Gasteiger partial charge on any atom is 0.519 e. The summed E-state index contributed by atoms with van der Waals surface area (Å²) in [7, 11) is 0. The van der Waals surface area contributed by atoms with Gasteiger partial charge in [0, 0.05) is 13.3 Å². The molecule has 0 atom stereocenters. The summed E-state index contributed by atoms with van der Waals surface area (Å²) in [5.41, 5.74) is 0. The summed E-state index contributed by atoms with van der Waals surface area (Å²) in [5, 5.41) is 0. The molecular formula is C10H14O5. The number of ether oxygens (including phenoxy) is 1. The van der Waals surface area contributed by atoms with Gasteiger partial charge in [0.2, 0.25) is 0 Å². The van der Waals surface area contributed by atoms with Gasteiger partial charge in [-0.3, -0.25) is 4.79 Å². The van der Waals surface area contributed by atoms with Crippen molar-refractivity contribution < 1.29 is 18.4 Å². The van der Waals surface area contributed by atoms with Crippen LogP contribution in [0.4, 0.5) is 0 Å². The number of hydrogen-bond donors (Lipinski definition) is 0. The van der Waals surface area contributed by atoms with Crippen LogP contribution in [0.5, 0.6) is 0 Å². The molecule has 0 aromatic carbocycles. The average Bonchev–Trinajstić information content (AvgIpc) is 2.41. The van der Waals surface area contributed by atoms with Gasteiger partial charge in [-0.1, -0.05) is 13.8 Å². The molecule has 0 radical (unpaired) electrons. The largest absolute Gasteiger partial charge is 0.519 e. The highest BCUT2D eigenvalue weighted by atomic mass is 16.6. The van der Waals surface area contributed by atoms with Crippen molar-refractivity contribution in [2.24, 2.45) is 5.92 Å². The fourth-order valence-electron chi connectivity index (χ4n) is 1.14. The highest BCUT2D eigenvalue weighted by Crippen LogP contribution is 2.13. The summed E-state index contributed by atoms with van der Waals surface area (Å²) in [6, 6.07) is 0. The van der Waals surface area contributed by atoms with Crippen molar-refractivity contribution in [1.82, 2.24) is 0 Å². The van der Waals surface area contributed by atoms with Crippen LogP contribution in [0.3, 0.4) is 0 Å². The van der Waals surface area contributed by atoms with E-state index in [-0.39, 0.29) is 6.61 Å². The van der Waals surface area contributed by atoms with E-state index in [1.807, 2.05) is 13.8 Å². The van der Waals surface area contributed by atoms with E-state index >= 15 is 0 Å². The first-order chi connectivity index (χ1) is 6.99. The Bertz CT molecular complexity index is 385. The maximum atomic E-state index is 10.9. The first-order valence-corrected chi connectivity index (χ1v) is 4.74. The summed E-state index contributed by atoms with van der Waals surface area (Å²) in [4.78, 5) is 21.4. The smallest absolute Gasteiger partial charge is 0.458 e. The van der Waals surface area contributed by atoms with E-state index in [9.17, 15) is 9.59 Å². The molecule has 5 heteroatoms. The fourth-order valence-corrected chi connectivity index (χ4v) is 1.14. The Hall–Kier alpha value is -1.52. The minimum atomic E-state index is -0.757. The summed E-state index contributed by atoms with van der Waals surface area (Å²) >= 11 is 0. The van der Waals surface area contributed by atoms with Crippen molar-refractivity contribution in [2.45, 2.75) is 33.8 Å². The van der Waals surface area contributed by atoms with E-state index in [4.69, 9.17) is 13.6 Å². The zero-order chi connectivity index (χ0) is 11.4. The summed E-state index contributed by atoms with van der Waals surface area (Å²) in [6.07, 6.45) is 0.586.